The number of nitrogens with zero attached hydrogens (tertiary/aromatic N) is 3. The molecular formula is C23H29ClN4O. The first-order valence-corrected chi connectivity index (χ1v) is 10.9. The van der Waals surface area contributed by atoms with Crippen molar-refractivity contribution < 1.29 is 4.74 Å². The molecule has 29 heavy (non-hydrogen) atoms. The number of unbranched alkanes of at least 4 members (excludes halogenated alkanes) is 1. The number of benzene rings is 1. The van der Waals surface area contributed by atoms with Gasteiger partial charge in [0.05, 0.1) is 17.6 Å². The largest absolute Gasteiger partial charge is 0.478 e. The lowest BCUT2D eigenvalue weighted by molar-refractivity contribution is 0.205. The lowest BCUT2D eigenvalue weighted by Gasteiger charge is -2.28. The molecule has 3 aromatic rings. The second kappa shape index (κ2) is 9.14. The van der Waals surface area contributed by atoms with Gasteiger partial charge in [0.1, 0.15) is 5.82 Å². The summed E-state index contributed by atoms with van der Waals surface area (Å²) < 4.78 is 5.91. The number of halogens is 1. The van der Waals surface area contributed by atoms with Gasteiger partial charge in [0, 0.05) is 22.8 Å². The number of pyridine rings is 1. The summed E-state index contributed by atoms with van der Waals surface area (Å²) in [6, 6.07) is 7.76. The van der Waals surface area contributed by atoms with E-state index in [-0.39, 0.29) is 0 Å². The molecule has 6 heteroatoms. The lowest BCUT2D eigenvalue weighted by Crippen LogP contribution is -2.30. The van der Waals surface area contributed by atoms with E-state index in [0.29, 0.717) is 12.5 Å². The van der Waals surface area contributed by atoms with Gasteiger partial charge in [0.25, 0.3) is 0 Å². The minimum Gasteiger partial charge on any atom is -0.478 e. The van der Waals surface area contributed by atoms with Crippen molar-refractivity contribution in [1.29, 1.82) is 0 Å². The van der Waals surface area contributed by atoms with Crippen molar-refractivity contribution in [2.75, 3.05) is 26.7 Å². The Morgan fingerprint density at radius 3 is 2.86 bits per heavy atom. The van der Waals surface area contributed by atoms with Crippen LogP contribution in [0.2, 0.25) is 5.02 Å². The highest BCUT2D eigenvalue weighted by molar-refractivity contribution is 6.32. The second-order valence-corrected chi connectivity index (χ2v) is 8.53. The minimum atomic E-state index is 0.650. The summed E-state index contributed by atoms with van der Waals surface area (Å²) in [6.45, 7) is 5.18. The fraction of sp³-hybridized carbons (Fsp3) is 0.478. The van der Waals surface area contributed by atoms with Crippen molar-refractivity contribution in [2.45, 2.75) is 39.0 Å². The smallest absolute Gasteiger partial charge is 0.213 e. The molecule has 0 saturated carbocycles. The monoisotopic (exact) mass is 412 g/mol. The van der Waals surface area contributed by atoms with Gasteiger partial charge in [-0.15, -0.1) is 0 Å². The van der Waals surface area contributed by atoms with E-state index in [9.17, 15) is 0 Å². The van der Waals surface area contributed by atoms with Crippen LogP contribution in [-0.2, 0) is 0 Å². The number of nitrogens with one attached hydrogen (secondary N) is 1. The summed E-state index contributed by atoms with van der Waals surface area (Å²) in [5.74, 6) is 2.34. The van der Waals surface area contributed by atoms with Crippen LogP contribution in [0, 0.1) is 12.8 Å². The van der Waals surface area contributed by atoms with Gasteiger partial charge in [-0.3, -0.25) is 0 Å². The Hall–Kier alpha value is -2.11. The van der Waals surface area contributed by atoms with Crippen LogP contribution in [0.15, 0.2) is 30.5 Å². The molecule has 0 radical (unpaired) electrons. The molecule has 0 amide bonds. The van der Waals surface area contributed by atoms with Crippen LogP contribution >= 0.6 is 11.6 Å². The van der Waals surface area contributed by atoms with E-state index in [2.05, 4.69) is 21.9 Å². The number of hydrogen-bond acceptors (Lipinski definition) is 4. The molecule has 1 fully saturated rings. The molecule has 2 aromatic heterocycles. The van der Waals surface area contributed by atoms with Crippen LogP contribution in [0.1, 0.15) is 37.7 Å². The van der Waals surface area contributed by atoms with E-state index in [1.54, 1.807) is 6.20 Å². The SMILES string of the molecule is Cc1c(Cl)ccc2[nH]c(-c3ccnc(OCCCCC4CCN(C)CC4)c3)nc12. The predicted octanol–water partition coefficient (Wildman–Crippen LogP) is 5.48. The Balaban J connectivity index is 1.31. The molecule has 4 rings (SSSR count). The molecule has 1 aliphatic rings. The number of likely N-dealkylation sites (tertiary alicyclic amines) is 1. The number of ether oxygens (including phenoxy) is 1. The van der Waals surface area contributed by atoms with Crippen molar-refractivity contribution in [3.05, 3.63) is 41.0 Å². The summed E-state index contributed by atoms with van der Waals surface area (Å²) in [5, 5.41) is 0.731. The normalized spacial score (nSPS) is 15.8. The van der Waals surface area contributed by atoms with E-state index in [0.717, 1.165) is 45.3 Å². The molecule has 0 aliphatic carbocycles. The summed E-state index contributed by atoms with van der Waals surface area (Å²) >= 11 is 6.22. The highest BCUT2D eigenvalue weighted by atomic mass is 35.5. The molecule has 0 spiro atoms. The van der Waals surface area contributed by atoms with Crippen molar-refractivity contribution in [1.82, 2.24) is 19.9 Å². The van der Waals surface area contributed by atoms with Gasteiger partial charge in [-0.25, -0.2) is 9.97 Å². The lowest BCUT2D eigenvalue weighted by atomic mass is 9.92. The molecule has 154 valence electrons. The van der Waals surface area contributed by atoms with Crippen LogP contribution in [-0.4, -0.2) is 46.6 Å². The quantitative estimate of drug-likeness (QED) is 0.522. The third-order valence-corrected chi connectivity index (χ3v) is 6.35. The minimum absolute atomic E-state index is 0.650. The number of fused-ring (bicyclic) bond motifs is 1. The van der Waals surface area contributed by atoms with Crippen molar-refractivity contribution in [3.8, 4) is 17.3 Å². The fourth-order valence-corrected chi connectivity index (χ4v) is 4.18. The van der Waals surface area contributed by atoms with Crippen molar-refractivity contribution >= 4 is 22.6 Å². The van der Waals surface area contributed by atoms with E-state index in [1.807, 2.05) is 31.2 Å². The van der Waals surface area contributed by atoms with Gasteiger partial charge in [-0.2, -0.15) is 0 Å². The maximum Gasteiger partial charge on any atom is 0.213 e. The topological polar surface area (TPSA) is 54.0 Å². The molecule has 1 aromatic carbocycles. The molecule has 0 atom stereocenters. The number of H-pyrrole nitrogens is 1. The van der Waals surface area contributed by atoms with E-state index < -0.39 is 0 Å². The van der Waals surface area contributed by atoms with E-state index in [4.69, 9.17) is 21.3 Å². The Kier molecular flexibility index (Phi) is 6.36. The molecule has 1 saturated heterocycles. The number of aryl methyl sites for hydroxylation is 1. The van der Waals surface area contributed by atoms with Crippen LogP contribution in [0.3, 0.4) is 0 Å². The molecule has 0 bridgehead atoms. The molecule has 1 aliphatic heterocycles. The zero-order valence-electron chi connectivity index (χ0n) is 17.2. The number of piperidine rings is 1. The van der Waals surface area contributed by atoms with Gasteiger partial charge < -0.3 is 14.6 Å². The predicted molar refractivity (Wildman–Crippen MR) is 119 cm³/mol. The summed E-state index contributed by atoms with van der Waals surface area (Å²) in [5.41, 5.74) is 3.84. The highest BCUT2D eigenvalue weighted by Gasteiger charge is 2.16. The number of imidazole rings is 1. The van der Waals surface area contributed by atoms with Crippen LogP contribution < -0.4 is 4.74 Å². The maximum atomic E-state index is 6.22. The first-order chi connectivity index (χ1) is 14.1. The fourth-order valence-electron chi connectivity index (χ4n) is 4.02. The Morgan fingerprint density at radius 2 is 2.03 bits per heavy atom. The molecule has 5 nitrogen and oxygen atoms in total. The van der Waals surface area contributed by atoms with Crippen molar-refractivity contribution in [3.63, 3.8) is 0 Å². The average molecular weight is 413 g/mol. The molecule has 0 unspecified atom stereocenters. The van der Waals surface area contributed by atoms with E-state index in [1.165, 1.54) is 38.8 Å². The Bertz CT molecular complexity index is 963. The number of rotatable bonds is 7. The Labute approximate surface area is 177 Å². The van der Waals surface area contributed by atoms with Gasteiger partial charge in [-0.05, 0) is 82.4 Å². The van der Waals surface area contributed by atoms with Gasteiger partial charge in [0.15, 0.2) is 0 Å². The van der Waals surface area contributed by atoms with Crippen LogP contribution in [0.25, 0.3) is 22.4 Å². The van der Waals surface area contributed by atoms with Crippen LogP contribution in [0.5, 0.6) is 5.88 Å². The first kappa shape index (κ1) is 20.2. The summed E-state index contributed by atoms with van der Waals surface area (Å²) in [7, 11) is 2.22. The standard InChI is InChI=1S/C23H29ClN4O/c1-16-19(24)6-7-20-22(16)27-23(26-20)18-8-11-25-21(15-18)29-14-4-3-5-17-9-12-28(2)13-10-17/h6-8,11,15,17H,3-5,9-10,12-14H2,1-2H3,(H,26,27). The number of aromatic nitrogens is 3. The first-order valence-electron chi connectivity index (χ1n) is 10.5. The van der Waals surface area contributed by atoms with Crippen molar-refractivity contribution in [2.24, 2.45) is 5.92 Å². The third kappa shape index (κ3) is 4.90. The second-order valence-electron chi connectivity index (χ2n) is 8.13. The highest BCUT2D eigenvalue weighted by Crippen LogP contribution is 2.28. The summed E-state index contributed by atoms with van der Waals surface area (Å²) in [6.07, 6.45) is 8.05. The van der Waals surface area contributed by atoms with Gasteiger partial charge >= 0.3 is 0 Å². The van der Waals surface area contributed by atoms with Crippen LogP contribution in [0.4, 0.5) is 0 Å². The molecule has 1 N–H and O–H groups in total. The average Bonchev–Trinajstić information content (AvgIpc) is 3.17. The van der Waals surface area contributed by atoms with E-state index >= 15 is 0 Å². The van der Waals surface area contributed by atoms with Gasteiger partial charge in [-0.1, -0.05) is 18.0 Å². The third-order valence-electron chi connectivity index (χ3n) is 5.94. The Morgan fingerprint density at radius 1 is 1.21 bits per heavy atom. The number of aromatic amines is 1. The number of hydrogen-bond donors (Lipinski definition) is 1. The van der Waals surface area contributed by atoms with Gasteiger partial charge in [0.2, 0.25) is 5.88 Å². The maximum absolute atomic E-state index is 6.22. The zero-order valence-corrected chi connectivity index (χ0v) is 18.0. The molecular weight excluding hydrogens is 384 g/mol. The zero-order chi connectivity index (χ0) is 20.2. The molecule has 3 heterocycles. The summed E-state index contributed by atoms with van der Waals surface area (Å²) in [4.78, 5) is 14.9.